The molecule has 162 valence electrons. The zero-order valence-corrected chi connectivity index (χ0v) is 13.6. The number of hydroxylamine groups is 1. The van der Waals surface area contributed by atoms with Gasteiger partial charge in [-0.2, -0.15) is 57.1 Å². The van der Waals surface area contributed by atoms with E-state index in [9.17, 15) is 65.5 Å². The van der Waals surface area contributed by atoms with Crippen molar-refractivity contribution in [1.29, 1.82) is 0 Å². The van der Waals surface area contributed by atoms with Crippen molar-refractivity contribution in [2.45, 2.75) is 39.8 Å². The number of hydrogen-bond donors (Lipinski definition) is 0. The van der Waals surface area contributed by atoms with E-state index in [4.69, 9.17) is 0 Å². The first-order valence-electron chi connectivity index (χ1n) is 5.42. The maximum Gasteiger partial charge on any atom is 0.460 e. The van der Waals surface area contributed by atoms with Gasteiger partial charge in [-0.15, -0.1) is 0 Å². The highest BCUT2D eigenvalue weighted by Gasteiger charge is 2.93. The summed E-state index contributed by atoms with van der Waals surface area (Å²) in [6.45, 7) is 0. The minimum absolute atomic E-state index is 2.37. The fraction of sp³-hybridized carbons (Fsp3) is 1.00. The molecule has 0 bridgehead atoms. The minimum atomic E-state index is -7.92. The maximum absolute atomic E-state index is 13.4. The van der Waals surface area contributed by atoms with Crippen LogP contribution in [0.2, 0.25) is 0 Å². The predicted octanol–water partition coefficient (Wildman–Crippen LogP) is 4.35. The Morgan fingerprint density at radius 2 is 1.04 bits per heavy atom. The highest BCUT2D eigenvalue weighted by molar-refractivity contribution is 7.90. The second-order valence-electron chi connectivity index (χ2n) is 4.63. The van der Waals surface area contributed by atoms with Crippen LogP contribution in [0.3, 0.4) is 0 Å². The van der Waals surface area contributed by atoms with Crippen molar-refractivity contribution in [2.75, 3.05) is 0 Å². The topological polar surface area (TPSA) is 49.7 Å². The molecule has 1 heterocycles. The highest BCUT2D eigenvalue weighted by atomic mass is 35.5. The van der Waals surface area contributed by atoms with Gasteiger partial charge < -0.3 is 0 Å². The third-order valence-corrected chi connectivity index (χ3v) is 5.05. The standard InChI is InChI=1S/C7Cl2F13NO3S/c8-4(14,15)3(5(9,16)17)23(26-3)27(24,25)7(21,22)2(12,13)1(10,11)6(18,19)20. The molecule has 0 aromatic rings. The lowest BCUT2D eigenvalue weighted by molar-refractivity contribution is -0.382. The second-order valence-corrected chi connectivity index (χ2v) is 7.37. The van der Waals surface area contributed by atoms with Crippen molar-refractivity contribution < 1.29 is 70.3 Å². The van der Waals surface area contributed by atoms with Crippen LogP contribution in [0.15, 0.2) is 0 Å². The van der Waals surface area contributed by atoms with Gasteiger partial charge in [-0.1, -0.05) is 0 Å². The molecular formula is C7Cl2F13NO3S. The monoisotopic (exact) mass is 495 g/mol. The Morgan fingerprint density at radius 3 is 1.26 bits per heavy atom. The van der Waals surface area contributed by atoms with E-state index in [0.29, 0.717) is 0 Å². The van der Waals surface area contributed by atoms with Gasteiger partial charge in [0.1, 0.15) is 0 Å². The molecule has 1 saturated heterocycles. The summed E-state index contributed by atoms with van der Waals surface area (Å²) in [5, 5.41) is -19.1. The van der Waals surface area contributed by atoms with E-state index in [1.165, 1.54) is 0 Å². The van der Waals surface area contributed by atoms with E-state index in [0.717, 1.165) is 0 Å². The molecule has 4 nitrogen and oxygen atoms in total. The van der Waals surface area contributed by atoms with E-state index in [2.05, 4.69) is 28.0 Å². The third-order valence-electron chi connectivity index (χ3n) is 2.87. The van der Waals surface area contributed by atoms with Crippen LogP contribution in [0.1, 0.15) is 0 Å². The van der Waals surface area contributed by atoms with Crippen molar-refractivity contribution >= 4 is 33.2 Å². The van der Waals surface area contributed by atoms with Crippen molar-refractivity contribution in [2.24, 2.45) is 0 Å². The first-order chi connectivity index (χ1) is 11.3. The van der Waals surface area contributed by atoms with Crippen LogP contribution in [0.25, 0.3) is 0 Å². The molecule has 20 heteroatoms. The average Bonchev–Trinajstić information content (AvgIpc) is 3.12. The normalized spacial score (nSPS) is 22.7. The summed E-state index contributed by atoms with van der Waals surface area (Å²) in [5.41, 5.74) is -5.32. The molecule has 1 fully saturated rings. The summed E-state index contributed by atoms with van der Waals surface area (Å²) >= 11 is 8.02. The fourth-order valence-corrected chi connectivity index (χ4v) is 3.46. The molecule has 27 heavy (non-hydrogen) atoms. The molecule has 1 aliphatic heterocycles. The molecule has 0 N–H and O–H groups in total. The van der Waals surface area contributed by atoms with Crippen molar-refractivity contribution in [3.8, 4) is 0 Å². The summed E-state index contributed by atoms with van der Waals surface area (Å²) in [6, 6.07) is 0. The molecule has 0 spiro atoms. The lowest BCUT2D eigenvalue weighted by atomic mass is 10.1. The van der Waals surface area contributed by atoms with Crippen molar-refractivity contribution in [3.63, 3.8) is 0 Å². The molecule has 0 aromatic carbocycles. The zero-order chi connectivity index (χ0) is 22.3. The van der Waals surface area contributed by atoms with Gasteiger partial charge in [0, 0.05) is 0 Å². The number of sulfonamides is 1. The average molecular weight is 496 g/mol. The SMILES string of the molecule is O=S(=O)(N1OC1(C(F)(F)Cl)C(F)(F)Cl)C(F)(F)C(F)(F)C(F)(F)C(F)(F)F. The van der Waals surface area contributed by atoms with Crippen molar-refractivity contribution in [1.82, 2.24) is 4.47 Å². The van der Waals surface area contributed by atoms with Gasteiger partial charge in [0.2, 0.25) is 0 Å². The van der Waals surface area contributed by atoms with Crippen LogP contribution < -0.4 is 0 Å². The Labute approximate surface area is 148 Å². The van der Waals surface area contributed by atoms with E-state index < -0.39 is 54.3 Å². The number of halogens is 15. The first-order valence-corrected chi connectivity index (χ1v) is 7.61. The van der Waals surface area contributed by atoms with Gasteiger partial charge in [0.25, 0.3) is 0 Å². The summed E-state index contributed by atoms with van der Waals surface area (Å²) < 4.78 is 186. The molecule has 1 rings (SSSR count). The lowest BCUT2D eigenvalue weighted by Crippen LogP contribution is -2.65. The van der Waals surface area contributed by atoms with Gasteiger partial charge in [-0.3, -0.25) is 0 Å². The number of nitrogens with zero attached hydrogens (tertiary/aromatic N) is 1. The summed E-state index contributed by atoms with van der Waals surface area (Å²) in [7, 11) is -7.92. The Hall–Kier alpha value is -0.460. The van der Waals surface area contributed by atoms with E-state index in [1.54, 1.807) is 0 Å². The molecule has 1 atom stereocenters. The van der Waals surface area contributed by atoms with Crippen LogP contribution in [0, 0.1) is 0 Å². The Bertz CT molecular complexity index is 695. The molecular weight excluding hydrogens is 496 g/mol. The smallest absolute Gasteiger partial charge is 0.239 e. The van der Waals surface area contributed by atoms with Crippen molar-refractivity contribution in [3.05, 3.63) is 0 Å². The molecule has 0 aliphatic carbocycles. The van der Waals surface area contributed by atoms with Crippen LogP contribution in [0.4, 0.5) is 57.1 Å². The lowest BCUT2D eigenvalue weighted by Gasteiger charge is -2.33. The van der Waals surface area contributed by atoms with Gasteiger partial charge in [-0.05, 0) is 27.7 Å². The largest absolute Gasteiger partial charge is 0.460 e. The summed E-state index contributed by atoms with van der Waals surface area (Å²) in [5.74, 6) is -15.6. The number of rotatable bonds is 6. The fourth-order valence-electron chi connectivity index (χ4n) is 1.42. The number of hydrogen-bond acceptors (Lipinski definition) is 3. The van der Waals surface area contributed by atoms with Crippen LogP contribution in [-0.2, 0) is 14.9 Å². The van der Waals surface area contributed by atoms with Gasteiger partial charge in [-0.25, -0.2) is 13.3 Å². The van der Waals surface area contributed by atoms with Gasteiger partial charge >= 0.3 is 49.8 Å². The molecule has 0 radical (unpaired) electrons. The number of alkyl halides is 15. The highest BCUT2D eigenvalue weighted by Crippen LogP contribution is 2.64. The third kappa shape index (κ3) is 3.01. The summed E-state index contributed by atoms with van der Waals surface area (Å²) in [6.07, 6.45) is -7.47. The summed E-state index contributed by atoms with van der Waals surface area (Å²) in [4.78, 5) is 2.92. The predicted molar refractivity (Wildman–Crippen MR) is 57.1 cm³/mol. The molecule has 0 aromatic heterocycles. The minimum Gasteiger partial charge on any atom is -0.239 e. The molecule has 0 amide bonds. The Morgan fingerprint density at radius 1 is 0.704 bits per heavy atom. The zero-order valence-electron chi connectivity index (χ0n) is 11.2. The molecule has 1 aliphatic rings. The molecule has 1 unspecified atom stereocenters. The quantitative estimate of drug-likeness (QED) is 0.313. The molecule has 0 saturated carbocycles. The first kappa shape index (κ1) is 24.6. The Balaban J connectivity index is 3.57. The second kappa shape index (κ2) is 5.79. The van der Waals surface area contributed by atoms with Crippen LogP contribution in [0.5, 0.6) is 0 Å². The van der Waals surface area contributed by atoms with Crippen LogP contribution in [-0.4, -0.2) is 52.7 Å². The van der Waals surface area contributed by atoms with Gasteiger partial charge in [0.15, 0.2) is 0 Å². The van der Waals surface area contributed by atoms with E-state index >= 15 is 0 Å². The van der Waals surface area contributed by atoms with E-state index in [1.807, 2.05) is 0 Å². The Kier molecular flexibility index (Phi) is 5.27. The van der Waals surface area contributed by atoms with Crippen LogP contribution >= 0.6 is 23.2 Å². The maximum atomic E-state index is 13.4. The van der Waals surface area contributed by atoms with Gasteiger partial charge in [0.05, 0.1) is 0 Å². The van der Waals surface area contributed by atoms with E-state index in [-0.39, 0.29) is 0 Å².